The van der Waals surface area contributed by atoms with Gasteiger partial charge in [0, 0.05) is 15.6 Å². The van der Waals surface area contributed by atoms with Crippen LogP contribution in [0.5, 0.6) is 5.75 Å². The Hall–Kier alpha value is -1.61. The summed E-state index contributed by atoms with van der Waals surface area (Å²) in [6.07, 6.45) is 0.766. The third-order valence-electron chi connectivity index (χ3n) is 2.31. The van der Waals surface area contributed by atoms with Crippen molar-refractivity contribution in [3.8, 4) is 16.9 Å². The first-order valence-electron chi connectivity index (χ1n) is 4.75. The Balaban J connectivity index is 2.54. The highest BCUT2D eigenvalue weighted by Crippen LogP contribution is 2.30. The van der Waals surface area contributed by atoms with E-state index in [1.54, 1.807) is 12.1 Å². The third-order valence-corrected chi connectivity index (χ3v) is 2.84. The maximum atomic E-state index is 10.7. The zero-order valence-corrected chi connectivity index (χ0v) is 9.94. The fourth-order valence-corrected chi connectivity index (χ4v) is 1.75. The predicted molar refractivity (Wildman–Crippen MR) is 66.6 cm³/mol. The minimum absolute atomic E-state index is 0.174. The lowest BCUT2D eigenvalue weighted by Crippen LogP contribution is -1.83. The minimum atomic E-state index is 0.174. The van der Waals surface area contributed by atoms with E-state index >= 15 is 0 Å². The second-order valence-corrected chi connectivity index (χ2v) is 4.32. The Morgan fingerprint density at radius 1 is 1.06 bits per heavy atom. The number of carbonyl (C=O) groups is 1. The molecule has 0 bridgehead atoms. The van der Waals surface area contributed by atoms with Crippen LogP contribution in [-0.2, 0) is 0 Å². The summed E-state index contributed by atoms with van der Waals surface area (Å²) >= 11 is 3.35. The van der Waals surface area contributed by atoms with Crippen LogP contribution in [0.2, 0.25) is 0 Å². The molecule has 0 fully saturated rings. The highest BCUT2D eigenvalue weighted by Gasteiger charge is 2.05. The number of aldehydes is 1. The molecule has 2 nitrogen and oxygen atoms in total. The molecule has 0 spiro atoms. The van der Waals surface area contributed by atoms with Crippen LogP contribution in [-0.4, -0.2) is 11.4 Å². The molecule has 16 heavy (non-hydrogen) atoms. The van der Waals surface area contributed by atoms with Crippen molar-refractivity contribution in [3.05, 3.63) is 52.5 Å². The van der Waals surface area contributed by atoms with Gasteiger partial charge in [-0.1, -0.05) is 28.1 Å². The van der Waals surface area contributed by atoms with Gasteiger partial charge in [-0.15, -0.1) is 0 Å². The molecule has 3 heteroatoms. The molecule has 0 aromatic heterocycles. The average molecular weight is 277 g/mol. The summed E-state index contributed by atoms with van der Waals surface area (Å²) in [4.78, 5) is 10.7. The third kappa shape index (κ3) is 2.14. The van der Waals surface area contributed by atoms with Gasteiger partial charge in [0.05, 0.1) is 0 Å². The molecular weight excluding hydrogens is 268 g/mol. The van der Waals surface area contributed by atoms with Crippen molar-refractivity contribution in [2.45, 2.75) is 0 Å². The van der Waals surface area contributed by atoms with Crippen molar-refractivity contribution in [3.63, 3.8) is 0 Å². The molecule has 2 aromatic carbocycles. The number of phenols is 1. The molecule has 0 aliphatic carbocycles. The van der Waals surface area contributed by atoms with E-state index in [1.165, 1.54) is 6.07 Å². The molecule has 1 N–H and O–H groups in total. The summed E-state index contributed by atoms with van der Waals surface area (Å²) in [5.41, 5.74) is 2.09. The minimum Gasteiger partial charge on any atom is -0.507 e. The maximum Gasteiger partial charge on any atom is 0.150 e. The molecule has 0 radical (unpaired) electrons. The number of rotatable bonds is 2. The van der Waals surface area contributed by atoms with Gasteiger partial charge in [0.15, 0.2) is 0 Å². The van der Waals surface area contributed by atoms with E-state index in [1.807, 2.05) is 24.3 Å². The molecule has 0 aliphatic heterocycles. The normalized spacial score (nSPS) is 10.1. The zero-order chi connectivity index (χ0) is 11.5. The van der Waals surface area contributed by atoms with Gasteiger partial charge in [0.2, 0.25) is 0 Å². The van der Waals surface area contributed by atoms with Gasteiger partial charge in [-0.05, 0) is 35.9 Å². The lowest BCUT2D eigenvalue weighted by Gasteiger charge is -2.05. The Labute approximate surface area is 102 Å². The molecule has 0 aliphatic rings. The predicted octanol–water partition coefficient (Wildman–Crippen LogP) is 3.63. The summed E-state index contributed by atoms with van der Waals surface area (Å²) in [7, 11) is 0. The van der Waals surface area contributed by atoms with Gasteiger partial charge in [0.1, 0.15) is 12.0 Å². The number of phenolic OH excluding ortho intramolecular Hbond substituents is 1. The largest absolute Gasteiger partial charge is 0.507 e. The molecule has 0 heterocycles. The van der Waals surface area contributed by atoms with Gasteiger partial charge in [-0.3, -0.25) is 4.79 Å². The zero-order valence-electron chi connectivity index (χ0n) is 8.35. The van der Waals surface area contributed by atoms with Gasteiger partial charge in [0.25, 0.3) is 0 Å². The first-order chi connectivity index (χ1) is 7.70. The van der Waals surface area contributed by atoms with E-state index < -0.39 is 0 Å². The van der Waals surface area contributed by atoms with Crippen molar-refractivity contribution in [2.75, 3.05) is 0 Å². The maximum absolute atomic E-state index is 10.7. The SMILES string of the molecule is O=Cc1ccc(O)c(-c2ccc(Br)cc2)c1. The fraction of sp³-hybridized carbons (Fsp3) is 0. The Morgan fingerprint density at radius 3 is 2.38 bits per heavy atom. The number of carbonyl (C=O) groups excluding carboxylic acids is 1. The lowest BCUT2D eigenvalue weighted by molar-refractivity contribution is 0.112. The number of halogens is 1. The number of hydrogen-bond acceptors (Lipinski definition) is 2. The van der Waals surface area contributed by atoms with Crippen LogP contribution < -0.4 is 0 Å². The molecular formula is C13H9BrO2. The smallest absolute Gasteiger partial charge is 0.150 e. The fourth-order valence-electron chi connectivity index (χ4n) is 1.49. The summed E-state index contributed by atoms with van der Waals surface area (Å²) in [6.45, 7) is 0. The summed E-state index contributed by atoms with van der Waals surface area (Å²) < 4.78 is 0.974. The molecule has 0 atom stereocenters. The Kier molecular flexibility index (Phi) is 3.06. The van der Waals surface area contributed by atoms with Crippen LogP contribution in [0.1, 0.15) is 10.4 Å². The van der Waals surface area contributed by atoms with Crippen LogP contribution in [0, 0.1) is 0 Å². The van der Waals surface area contributed by atoms with Crippen molar-refractivity contribution < 1.29 is 9.90 Å². The second-order valence-electron chi connectivity index (χ2n) is 3.40. The van der Waals surface area contributed by atoms with Crippen LogP contribution in [0.15, 0.2) is 46.9 Å². The Morgan fingerprint density at radius 2 is 1.75 bits per heavy atom. The monoisotopic (exact) mass is 276 g/mol. The lowest BCUT2D eigenvalue weighted by atomic mass is 10.0. The van der Waals surface area contributed by atoms with Gasteiger partial charge < -0.3 is 5.11 Å². The van der Waals surface area contributed by atoms with Crippen LogP contribution in [0.4, 0.5) is 0 Å². The van der Waals surface area contributed by atoms with Gasteiger partial charge in [-0.25, -0.2) is 0 Å². The topological polar surface area (TPSA) is 37.3 Å². The molecule has 0 unspecified atom stereocenters. The molecule has 2 aromatic rings. The highest BCUT2D eigenvalue weighted by molar-refractivity contribution is 9.10. The van der Waals surface area contributed by atoms with Crippen molar-refractivity contribution >= 4 is 22.2 Å². The first kappa shape index (κ1) is 10.9. The number of aromatic hydroxyl groups is 1. The molecule has 0 amide bonds. The van der Waals surface area contributed by atoms with Gasteiger partial charge >= 0.3 is 0 Å². The number of hydrogen-bond donors (Lipinski definition) is 1. The average Bonchev–Trinajstić information content (AvgIpc) is 2.31. The quantitative estimate of drug-likeness (QED) is 0.851. The summed E-state index contributed by atoms with van der Waals surface area (Å²) in [6, 6.07) is 12.3. The Bertz CT molecular complexity index is 518. The van der Waals surface area contributed by atoms with Crippen molar-refractivity contribution in [1.82, 2.24) is 0 Å². The molecule has 2 rings (SSSR count). The van der Waals surface area contributed by atoms with E-state index in [0.717, 1.165) is 16.3 Å². The first-order valence-corrected chi connectivity index (χ1v) is 5.54. The number of benzene rings is 2. The van der Waals surface area contributed by atoms with E-state index in [-0.39, 0.29) is 5.75 Å². The van der Waals surface area contributed by atoms with Crippen molar-refractivity contribution in [1.29, 1.82) is 0 Å². The van der Waals surface area contributed by atoms with Crippen LogP contribution in [0.25, 0.3) is 11.1 Å². The molecule has 0 saturated carbocycles. The molecule has 80 valence electrons. The van der Waals surface area contributed by atoms with Crippen LogP contribution >= 0.6 is 15.9 Å². The van der Waals surface area contributed by atoms with E-state index in [4.69, 9.17) is 0 Å². The van der Waals surface area contributed by atoms with E-state index in [0.29, 0.717) is 11.1 Å². The highest BCUT2D eigenvalue weighted by atomic mass is 79.9. The van der Waals surface area contributed by atoms with E-state index in [9.17, 15) is 9.90 Å². The summed E-state index contributed by atoms with van der Waals surface area (Å²) in [5, 5.41) is 9.73. The standard InChI is InChI=1S/C13H9BrO2/c14-11-4-2-10(3-5-11)12-7-9(8-15)1-6-13(12)16/h1-8,16H. The van der Waals surface area contributed by atoms with E-state index in [2.05, 4.69) is 15.9 Å². The molecule has 0 saturated heterocycles. The van der Waals surface area contributed by atoms with Gasteiger partial charge in [-0.2, -0.15) is 0 Å². The van der Waals surface area contributed by atoms with Crippen molar-refractivity contribution in [2.24, 2.45) is 0 Å². The summed E-state index contributed by atoms with van der Waals surface area (Å²) in [5.74, 6) is 0.174. The van der Waals surface area contributed by atoms with Crippen LogP contribution in [0.3, 0.4) is 0 Å². The second kappa shape index (κ2) is 4.49.